The van der Waals surface area contributed by atoms with Crippen molar-refractivity contribution >= 4 is 95.3 Å². The topological polar surface area (TPSA) is 508 Å². The molecule has 2 saturated heterocycles. The number of nitrogens with zero attached hydrogens (tertiary/aromatic N) is 2. The summed E-state index contributed by atoms with van der Waals surface area (Å²) in [6, 6.07) is 30.6. The fourth-order valence-corrected chi connectivity index (χ4v) is 10.1. The molecule has 8 rings (SSSR count). The van der Waals surface area contributed by atoms with Crippen molar-refractivity contribution in [1.29, 1.82) is 0 Å². The molecule has 0 unspecified atom stereocenters. The van der Waals surface area contributed by atoms with Gasteiger partial charge in [-0.3, -0.25) is 76.7 Å². The van der Waals surface area contributed by atoms with E-state index in [1.165, 1.54) is 24.3 Å². The van der Waals surface area contributed by atoms with E-state index in [0.717, 1.165) is 16.0 Å². The predicted molar refractivity (Wildman–Crippen MR) is 365 cm³/mol. The summed E-state index contributed by atoms with van der Waals surface area (Å²) in [6.45, 7) is -6.22. The van der Waals surface area contributed by atoms with Crippen LogP contribution < -0.4 is 0 Å². The molecular weight excluding hydrogens is 1490 g/mol. The van der Waals surface area contributed by atoms with Crippen LogP contribution in [0.3, 0.4) is 0 Å². The number of imide groups is 2. The number of rotatable bonds is 42. The molecule has 0 bridgehead atoms. The molecule has 38 nitrogen and oxygen atoms in total. The summed E-state index contributed by atoms with van der Waals surface area (Å²) in [5.41, 5.74) is 2.24. The summed E-state index contributed by atoms with van der Waals surface area (Å²) in [5.74, 6) is -13.4. The van der Waals surface area contributed by atoms with Gasteiger partial charge in [0, 0.05) is 11.1 Å². The average Bonchev–Trinajstić information content (AvgIpc) is 1.65. The van der Waals surface area contributed by atoms with E-state index in [0.29, 0.717) is 4.90 Å². The fraction of sp³-hybridized carbons (Fsp3) is 0.459. The molecule has 4 aliphatic rings. The maximum absolute atomic E-state index is 12.8. The van der Waals surface area contributed by atoms with Gasteiger partial charge in [0.15, 0.2) is 38.2 Å². The zero-order chi connectivity index (χ0) is 80.9. The van der Waals surface area contributed by atoms with Crippen LogP contribution in [-0.4, -0.2) is 255 Å². The Hall–Kier alpha value is -11.5. The van der Waals surface area contributed by atoms with Gasteiger partial charge in [-0.2, -0.15) is 0 Å². The van der Waals surface area contributed by atoms with Crippen molar-refractivity contribution in [2.75, 3.05) is 92.7 Å². The number of ether oxygens (including phenoxy) is 16. The lowest BCUT2D eigenvalue weighted by atomic mass is 10.1. The number of hydrogen-bond donors (Lipinski definition) is 4. The van der Waals surface area contributed by atoms with Crippen molar-refractivity contribution < 1.29 is 173 Å². The second-order valence-corrected chi connectivity index (χ2v) is 24.4. The highest BCUT2D eigenvalue weighted by molar-refractivity contribution is 6.22. The molecule has 4 N–H and O–H groups in total. The third kappa shape index (κ3) is 29.4. The molecule has 4 amide bonds. The zero-order valence-corrected chi connectivity index (χ0v) is 60.1. The Morgan fingerprint density at radius 3 is 0.786 bits per heavy atom. The van der Waals surface area contributed by atoms with E-state index in [9.17, 15) is 76.7 Å². The summed E-state index contributed by atoms with van der Waals surface area (Å²) in [5, 5.41) is 35.9. The Morgan fingerprint density at radius 2 is 0.527 bits per heavy atom. The van der Waals surface area contributed by atoms with Gasteiger partial charge in [0.1, 0.15) is 50.8 Å². The molecule has 0 aromatic heterocycles. The SMILES string of the molecule is O=C(CCC(=O)OC(CO)CO)OCC(COC(=O)CCC(=O)OC(CO)CO)OC(=O)CCC(=O)OCN1C(=O)c2ccccc2C1=O.O=C(CCC(=O)OC1COC(c2ccccc2)OC1)OCC(COC(=O)CCC(=O)OC1COC(c2ccccc2)OC1)OC(=O)CCC(=O)OCN1C(=O)c2ccccc2C1=O. The van der Waals surface area contributed by atoms with E-state index in [-0.39, 0.29) is 61.5 Å². The maximum Gasteiger partial charge on any atom is 0.308 e. The van der Waals surface area contributed by atoms with Crippen molar-refractivity contribution in [2.24, 2.45) is 0 Å². The Labute approximate surface area is 637 Å². The third-order valence-electron chi connectivity index (χ3n) is 15.9. The molecule has 2 fully saturated rings. The van der Waals surface area contributed by atoms with E-state index in [1.54, 1.807) is 24.3 Å². The normalized spacial score (nSPS) is 16.5. The highest BCUT2D eigenvalue weighted by Crippen LogP contribution is 2.27. The number of carbonyl (C=O) groups is 16. The summed E-state index contributed by atoms with van der Waals surface area (Å²) >= 11 is 0. The Bertz CT molecular complexity index is 3690. The molecule has 112 heavy (non-hydrogen) atoms. The van der Waals surface area contributed by atoms with Crippen LogP contribution in [0.15, 0.2) is 109 Å². The molecule has 38 heteroatoms. The van der Waals surface area contributed by atoms with Gasteiger partial charge < -0.3 is 96.2 Å². The lowest BCUT2D eigenvalue weighted by Gasteiger charge is -2.29. The van der Waals surface area contributed by atoms with Gasteiger partial charge in [-0.05, 0) is 24.3 Å². The number of esters is 12. The standard InChI is InChI=1S/C44H45NO18.C30H37NO18/c46-35(15-18-38(49)62-31-23-56-43(57-24-31)28-9-3-1-4-10-28)54-21-30(61-40(51)20-17-37(48)60-27-45-41(52)33-13-7-8-14-34(33)42(45)53)22-55-36(47)16-19-39(50)63-32-25-58-44(59-26-32)29-11-5-2-6-12-29;32-11-18(12-33)47-26(39)8-5-23(36)44-15-20(16-45-24(37)6-9-27(40)48-19(13-34)14-35)49-28(41)10-7-25(38)46-17-31-29(42)21-3-1-2-4-22(21)30(31)43/h1-14,30-32,43-44H,15-27H2;1-4,18-20,32-35H,5-17H2. The smallest absolute Gasteiger partial charge is 0.308 e. The van der Waals surface area contributed by atoms with Crippen molar-refractivity contribution in [3.05, 3.63) is 143 Å². The molecule has 0 saturated carbocycles. The van der Waals surface area contributed by atoms with Crippen molar-refractivity contribution in [2.45, 2.75) is 126 Å². The number of carbonyl (C=O) groups excluding carboxylic acids is 16. The summed E-state index contributed by atoms with van der Waals surface area (Å²) in [4.78, 5) is 199. The molecule has 4 aliphatic heterocycles. The van der Waals surface area contributed by atoms with E-state index >= 15 is 0 Å². The quantitative estimate of drug-likeness (QED) is 0.0276. The highest BCUT2D eigenvalue weighted by Gasteiger charge is 2.38. The highest BCUT2D eigenvalue weighted by atomic mass is 16.7. The first-order valence-electron chi connectivity index (χ1n) is 34.9. The monoisotopic (exact) mass is 1570 g/mol. The van der Waals surface area contributed by atoms with Crippen molar-refractivity contribution in [3.8, 4) is 0 Å². The van der Waals surface area contributed by atoms with Gasteiger partial charge in [0.05, 0.1) is 152 Å². The lowest BCUT2D eigenvalue weighted by Crippen LogP contribution is -2.35. The molecule has 0 atom stereocenters. The molecule has 0 spiro atoms. The summed E-state index contributed by atoms with van der Waals surface area (Å²) in [6.07, 6.45) is -13.5. The Kier molecular flexibility index (Phi) is 36.2. The van der Waals surface area contributed by atoms with E-state index in [4.69, 9.17) is 96.2 Å². The van der Waals surface area contributed by atoms with Crippen LogP contribution in [-0.2, 0) is 133 Å². The molecule has 4 aromatic carbocycles. The molecule has 4 aromatic rings. The minimum atomic E-state index is -1.42. The first kappa shape index (κ1) is 87.7. The van der Waals surface area contributed by atoms with Crippen LogP contribution in [0.5, 0.6) is 0 Å². The predicted octanol–water partition coefficient (Wildman–Crippen LogP) is 1.35. The van der Waals surface area contributed by atoms with Crippen LogP contribution in [0, 0.1) is 0 Å². The second kappa shape index (κ2) is 46.2. The number of hydrogen-bond acceptors (Lipinski definition) is 36. The first-order chi connectivity index (χ1) is 53.9. The molecule has 604 valence electrons. The maximum atomic E-state index is 12.8. The molecule has 0 aliphatic carbocycles. The van der Waals surface area contributed by atoms with Crippen LogP contribution in [0.1, 0.15) is 142 Å². The van der Waals surface area contributed by atoms with Crippen LogP contribution in [0.2, 0.25) is 0 Å². The Morgan fingerprint density at radius 1 is 0.304 bits per heavy atom. The van der Waals surface area contributed by atoms with Gasteiger partial charge in [-0.25, -0.2) is 9.80 Å². The van der Waals surface area contributed by atoms with E-state index in [1.807, 2.05) is 60.7 Å². The number of aliphatic hydroxyl groups excluding tert-OH is 4. The third-order valence-corrected chi connectivity index (χ3v) is 15.9. The van der Waals surface area contributed by atoms with Crippen LogP contribution in [0.4, 0.5) is 0 Å². The number of benzene rings is 4. The molecular formula is C74H82N2O36. The summed E-state index contributed by atoms with van der Waals surface area (Å²) < 4.78 is 83.6. The lowest BCUT2D eigenvalue weighted by molar-refractivity contribution is -0.229. The van der Waals surface area contributed by atoms with E-state index < -0.39 is 275 Å². The van der Waals surface area contributed by atoms with Crippen LogP contribution in [0.25, 0.3) is 0 Å². The number of amides is 4. The molecule has 4 heterocycles. The van der Waals surface area contributed by atoms with Crippen LogP contribution >= 0.6 is 0 Å². The largest absolute Gasteiger partial charge is 0.462 e. The van der Waals surface area contributed by atoms with Gasteiger partial charge in [-0.15, -0.1) is 0 Å². The summed E-state index contributed by atoms with van der Waals surface area (Å²) in [7, 11) is 0. The Balaban J connectivity index is 0.000000322. The second-order valence-electron chi connectivity index (χ2n) is 24.4. The minimum absolute atomic E-state index is 0.0764. The van der Waals surface area contributed by atoms with Crippen molar-refractivity contribution in [3.63, 3.8) is 0 Å². The van der Waals surface area contributed by atoms with Gasteiger partial charge in [0.25, 0.3) is 23.6 Å². The zero-order valence-electron chi connectivity index (χ0n) is 60.1. The number of aliphatic hydroxyl groups is 4. The van der Waals surface area contributed by atoms with Gasteiger partial charge in [-0.1, -0.05) is 84.9 Å². The van der Waals surface area contributed by atoms with Gasteiger partial charge >= 0.3 is 71.6 Å². The van der Waals surface area contributed by atoms with E-state index in [2.05, 4.69) is 0 Å². The minimum Gasteiger partial charge on any atom is -0.462 e. The molecule has 0 radical (unpaired) electrons. The first-order valence-corrected chi connectivity index (χ1v) is 34.9. The van der Waals surface area contributed by atoms with Crippen molar-refractivity contribution in [1.82, 2.24) is 9.80 Å². The average molecular weight is 1580 g/mol. The number of fused-ring (bicyclic) bond motifs is 2. The van der Waals surface area contributed by atoms with Gasteiger partial charge in [0.2, 0.25) is 0 Å². The fourth-order valence-electron chi connectivity index (χ4n) is 10.1.